The summed E-state index contributed by atoms with van der Waals surface area (Å²) in [5.41, 5.74) is 0.869. The van der Waals surface area contributed by atoms with Gasteiger partial charge in [-0.3, -0.25) is 9.11 Å². The lowest BCUT2D eigenvalue weighted by atomic mass is 10.0. The van der Waals surface area contributed by atoms with Crippen molar-refractivity contribution in [3.05, 3.63) is 35.9 Å². The standard InChI is InChI=1S/C22H38O7S2/c1-3-4-5-6-7-8-12-15-20(30(23,24)25)18-21(31(26,27)28)16-17-22(29-2)19-13-10-9-11-14-19/h9-11,13-14,20-22H,3-8,12,15-18H2,1-2H3,(H,23,24,25)(H,26,27,28). The first-order chi connectivity index (χ1) is 14.6. The van der Waals surface area contributed by atoms with Crippen molar-refractivity contribution in [3.8, 4) is 0 Å². The highest BCUT2D eigenvalue weighted by Gasteiger charge is 2.33. The molecule has 7 nitrogen and oxygen atoms in total. The third kappa shape index (κ3) is 11.4. The molecule has 31 heavy (non-hydrogen) atoms. The number of ether oxygens (including phenoxy) is 1. The summed E-state index contributed by atoms with van der Waals surface area (Å²) in [6.07, 6.45) is 6.71. The van der Waals surface area contributed by atoms with Crippen LogP contribution in [0.2, 0.25) is 0 Å². The quantitative estimate of drug-likeness (QED) is 0.233. The molecule has 180 valence electrons. The van der Waals surface area contributed by atoms with E-state index in [1.165, 1.54) is 13.5 Å². The normalized spacial score (nSPS) is 15.5. The Bertz CT molecular complexity index is 808. The molecule has 0 aromatic heterocycles. The molecule has 0 spiro atoms. The van der Waals surface area contributed by atoms with E-state index in [0.717, 1.165) is 37.7 Å². The van der Waals surface area contributed by atoms with E-state index in [4.69, 9.17) is 4.74 Å². The summed E-state index contributed by atoms with van der Waals surface area (Å²) in [5.74, 6) is 0. The zero-order chi connectivity index (χ0) is 23.3. The van der Waals surface area contributed by atoms with Crippen LogP contribution in [0.3, 0.4) is 0 Å². The first-order valence-corrected chi connectivity index (χ1v) is 14.1. The second kappa shape index (κ2) is 14.2. The lowest BCUT2D eigenvalue weighted by molar-refractivity contribution is 0.0931. The van der Waals surface area contributed by atoms with Crippen LogP contribution < -0.4 is 0 Å². The van der Waals surface area contributed by atoms with Crippen molar-refractivity contribution in [1.82, 2.24) is 0 Å². The van der Waals surface area contributed by atoms with Gasteiger partial charge in [-0.1, -0.05) is 82.2 Å². The van der Waals surface area contributed by atoms with Crippen molar-refractivity contribution in [2.45, 2.75) is 94.2 Å². The minimum atomic E-state index is -4.48. The van der Waals surface area contributed by atoms with Gasteiger partial charge in [0.25, 0.3) is 20.2 Å². The van der Waals surface area contributed by atoms with E-state index in [2.05, 4.69) is 6.92 Å². The van der Waals surface area contributed by atoms with Crippen molar-refractivity contribution >= 4 is 20.2 Å². The third-order valence-electron chi connectivity index (χ3n) is 5.70. The molecule has 0 aliphatic heterocycles. The fourth-order valence-electron chi connectivity index (χ4n) is 3.82. The first-order valence-electron chi connectivity index (χ1n) is 11.1. The Morgan fingerprint density at radius 2 is 1.29 bits per heavy atom. The molecule has 0 fully saturated rings. The highest BCUT2D eigenvalue weighted by atomic mass is 32.2. The molecule has 9 heteroatoms. The van der Waals surface area contributed by atoms with E-state index in [1.54, 1.807) is 0 Å². The summed E-state index contributed by atoms with van der Waals surface area (Å²) in [6, 6.07) is 9.27. The second-order valence-electron chi connectivity index (χ2n) is 8.13. The van der Waals surface area contributed by atoms with Crippen LogP contribution >= 0.6 is 0 Å². The molecule has 1 aromatic carbocycles. The van der Waals surface area contributed by atoms with E-state index in [1.807, 2.05) is 30.3 Å². The Kier molecular flexibility index (Phi) is 12.9. The van der Waals surface area contributed by atoms with Crippen molar-refractivity contribution in [2.75, 3.05) is 7.11 Å². The molecule has 0 radical (unpaired) electrons. The Morgan fingerprint density at radius 3 is 1.81 bits per heavy atom. The van der Waals surface area contributed by atoms with Gasteiger partial charge in [-0.25, -0.2) is 0 Å². The van der Waals surface area contributed by atoms with Crippen molar-refractivity contribution < 1.29 is 30.7 Å². The molecule has 1 aromatic rings. The predicted molar refractivity (Wildman–Crippen MR) is 123 cm³/mol. The first kappa shape index (κ1) is 28.0. The maximum Gasteiger partial charge on any atom is 0.267 e. The van der Waals surface area contributed by atoms with Crippen LogP contribution in [0.15, 0.2) is 30.3 Å². The Hall–Kier alpha value is -1.00. The molecule has 0 saturated heterocycles. The van der Waals surface area contributed by atoms with Crippen LogP contribution in [0.25, 0.3) is 0 Å². The molecule has 1 rings (SSSR count). The average Bonchev–Trinajstić information content (AvgIpc) is 2.70. The summed E-state index contributed by atoms with van der Waals surface area (Å²) in [6.45, 7) is 2.14. The van der Waals surface area contributed by atoms with Crippen molar-refractivity contribution in [1.29, 1.82) is 0 Å². The molecule has 2 N–H and O–H groups in total. The number of methoxy groups -OCH3 is 1. The van der Waals surface area contributed by atoms with E-state index < -0.39 is 30.7 Å². The van der Waals surface area contributed by atoms with E-state index in [9.17, 15) is 25.9 Å². The fourth-order valence-corrected chi connectivity index (χ4v) is 5.80. The maximum atomic E-state index is 11.9. The van der Waals surface area contributed by atoms with Gasteiger partial charge in [0.05, 0.1) is 16.6 Å². The molecule has 0 amide bonds. The van der Waals surface area contributed by atoms with E-state index in [-0.39, 0.29) is 25.4 Å². The Morgan fingerprint density at radius 1 is 0.774 bits per heavy atom. The van der Waals surface area contributed by atoms with Crippen LogP contribution in [-0.4, -0.2) is 43.6 Å². The highest BCUT2D eigenvalue weighted by molar-refractivity contribution is 7.87. The molecule has 0 bridgehead atoms. The van der Waals surface area contributed by atoms with Crippen LogP contribution in [0.4, 0.5) is 0 Å². The minimum Gasteiger partial charge on any atom is -0.377 e. The summed E-state index contributed by atoms with van der Waals surface area (Å²) < 4.78 is 72.4. The summed E-state index contributed by atoms with van der Waals surface area (Å²) in [4.78, 5) is 0. The molecule has 0 aliphatic rings. The fraction of sp³-hybridized carbons (Fsp3) is 0.727. The average molecular weight is 479 g/mol. The monoisotopic (exact) mass is 478 g/mol. The van der Waals surface area contributed by atoms with Gasteiger partial charge in [-0.05, 0) is 31.2 Å². The zero-order valence-electron chi connectivity index (χ0n) is 18.6. The van der Waals surface area contributed by atoms with Crippen LogP contribution in [0.1, 0.15) is 89.2 Å². The molecule has 0 saturated carbocycles. The van der Waals surface area contributed by atoms with Crippen LogP contribution in [0.5, 0.6) is 0 Å². The van der Waals surface area contributed by atoms with Crippen molar-refractivity contribution in [3.63, 3.8) is 0 Å². The van der Waals surface area contributed by atoms with Gasteiger partial charge in [0.1, 0.15) is 0 Å². The molecular formula is C22H38O7S2. The topological polar surface area (TPSA) is 118 Å². The highest BCUT2D eigenvalue weighted by Crippen LogP contribution is 2.28. The number of hydrogen-bond donors (Lipinski definition) is 2. The van der Waals surface area contributed by atoms with Gasteiger partial charge < -0.3 is 4.74 Å². The lowest BCUT2D eigenvalue weighted by Gasteiger charge is -2.22. The van der Waals surface area contributed by atoms with Crippen LogP contribution in [-0.2, 0) is 25.0 Å². The van der Waals surface area contributed by atoms with Gasteiger partial charge in [0, 0.05) is 7.11 Å². The third-order valence-corrected chi connectivity index (χ3v) is 8.25. The number of unbranched alkanes of at least 4 members (excludes halogenated alkanes) is 6. The van der Waals surface area contributed by atoms with Crippen molar-refractivity contribution in [2.24, 2.45) is 0 Å². The molecular weight excluding hydrogens is 440 g/mol. The summed E-state index contributed by atoms with van der Waals surface area (Å²) in [7, 11) is -7.39. The van der Waals surface area contributed by atoms with Gasteiger partial charge in [0.2, 0.25) is 0 Å². The number of rotatable bonds is 17. The summed E-state index contributed by atoms with van der Waals surface area (Å²) >= 11 is 0. The molecule has 0 aliphatic carbocycles. The zero-order valence-corrected chi connectivity index (χ0v) is 20.3. The Balaban J connectivity index is 2.72. The predicted octanol–water partition coefficient (Wildman–Crippen LogP) is 5.20. The smallest absolute Gasteiger partial charge is 0.267 e. The van der Waals surface area contributed by atoms with Gasteiger partial charge in [0.15, 0.2) is 0 Å². The summed E-state index contributed by atoms with van der Waals surface area (Å²) in [5, 5.41) is -2.50. The lowest BCUT2D eigenvalue weighted by Crippen LogP contribution is -2.31. The largest absolute Gasteiger partial charge is 0.377 e. The Labute approximate surface area is 188 Å². The SMILES string of the molecule is CCCCCCCCCC(CC(CCC(OC)c1ccccc1)S(=O)(=O)O)S(=O)(=O)O. The van der Waals surface area contributed by atoms with Gasteiger partial charge >= 0.3 is 0 Å². The maximum absolute atomic E-state index is 11.9. The van der Waals surface area contributed by atoms with Gasteiger partial charge in [-0.2, -0.15) is 16.8 Å². The van der Waals surface area contributed by atoms with E-state index in [0.29, 0.717) is 12.8 Å². The minimum absolute atomic E-state index is 0.0231. The molecule has 3 unspecified atom stereocenters. The second-order valence-corrected chi connectivity index (χ2v) is 11.5. The van der Waals surface area contributed by atoms with Crippen LogP contribution in [0, 0.1) is 0 Å². The molecule has 3 atom stereocenters. The number of hydrogen-bond acceptors (Lipinski definition) is 5. The van der Waals surface area contributed by atoms with E-state index >= 15 is 0 Å². The molecule has 0 heterocycles. The van der Waals surface area contributed by atoms with Gasteiger partial charge in [-0.15, -0.1) is 0 Å². The number of benzene rings is 1.